The standard InChI is InChI=1S/C18H18ClNO5/c1-10-4-6-15(21)13(8-10)18(23)25-11(2)17(22)20-12-5-7-16(24-3)14(19)9-12/h4-9,11,21H,1-3H3,(H,20,22)/t11-/m1/s1. The molecule has 0 spiro atoms. The number of methoxy groups -OCH3 is 1. The summed E-state index contributed by atoms with van der Waals surface area (Å²) >= 11 is 6.00. The third kappa shape index (κ3) is 4.64. The van der Waals surface area contributed by atoms with Crippen molar-refractivity contribution in [3.63, 3.8) is 0 Å². The van der Waals surface area contributed by atoms with Gasteiger partial charge in [-0.25, -0.2) is 4.79 Å². The molecule has 0 aliphatic carbocycles. The first kappa shape index (κ1) is 18.6. The van der Waals surface area contributed by atoms with E-state index < -0.39 is 18.0 Å². The molecule has 0 aliphatic heterocycles. The lowest BCUT2D eigenvalue weighted by atomic mass is 10.1. The number of amides is 1. The van der Waals surface area contributed by atoms with Crippen molar-refractivity contribution in [2.75, 3.05) is 12.4 Å². The Balaban J connectivity index is 2.03. The van der Waals surface area contributed by atoms with Crippen LogP contribution in [0.4, 0.5) is 5.69 Å². The molecule has 6 nitrogen and oxygen atoms in total. The third-order valence-corrected chi connectivity index (χ3v) is 3.74. The summed E-state index contributed by atoms with van der Waals surface area (Å²) in [6, 6.07) is 9.30. The minimum atomic E-state index is -1.06. The van der Waals surface area contributed by atoms with E-state index in [1.807, 2.05) is 0 Å². The number of aryl methyl sites for hydroxylation is 1. The number of hydrogen-bond acceptors (Lipinski definition) is 5. The highest BCUT2D eigenvalue weighted by Gasteiger charge is 2.21. The Morgan fingerprint density at radius 1 is 1.20 bits per heavy atom. The molecule has 2 aromatic rings. The maximum Gasteiger partial charge on any atom is 0.342 e. The largest absolute Gasteiger partial charge is 0.507 e. The molecule has 0 aromatic heterocycles. The van der Waals surface area contributed by atoms with Crippen LogP contribution in [0, 0.1) is 6.92 Å². The van der Waals surface area contributed by atoms with E-state index in [4.69, 9.17) is 21.1 Å². The van der Waals surface area contributed by atoms with Crippen LogP contribution in [-0.2, 0) is 9.53 Å². The van der Waals surface area contributed by atoms with Gasteiger partial charge in [-0.05, 0) is 44.2 Å². The van der Waals surface area contributed by atoms with Crippen LogP contribution in [0.2, 0.25) is 5.02 Å². The number of halogens is 1. The third-order valence-electron chi connectivity index (χ3n) is 3.44. The van der Waals surface area contributed by atoms with Gasteiger partial charge in [-0.3, -0.25) is 4.79 Å². The molecule has 2 N–H and O–H groups in total. The molecule has 0 radical (unpaired) electrons. The fourth-order valence-corrected chi connectivity index (χ4v) is 2.34. The van der Waals surface area contributed by atoms with E-state index >= 15 is 0 Å². The number of esters is 1. The van der Waals surface area contributed by atoms with Gasteiger partial charge in [-0.2, -0.15) is 0 Å². The summed E-state index contributed by atoms with van der Waals surface area (Å²) in [5.41, 5.74) is 1.24. The summed E-state index contributed by atoms with van der Waals surface area (Å²) in [6.45, 7) is 3.21. The first-order chi connectivity index (χ1) is 11.8. The van der Waals surface area contributed by atoms with Gasteiger partial charge < -0.3 is 19.9 Å². The van der Waals surface area contributed by atoms with Crippen LogP contribution in [-0.4, -0.2) is 30.2 Å². The molecule has 0 fully saturated rings. The summed E-state index contributed by atoms with van der Waals surface area (Å²) in [7, 11) is 1.49. The molecule has 0 saturated carbocycles. The zero-order valence-electron chi connectivity index (χ0n) is 14.0. The Bertz CT molecular complexity index is 806. The highest BCUT2D eigenvalue weighted by molar-refractivity contribution is 6.32. The maximum atomic E-state index is 12.2. The lowest BCUT2D eigenvalue weighted by Gasteiger charge is -2.15. The van der Waals surface area contributed by atoms with Crippen molar-refractivity contribution in [1.82, 2.24) is 0 Å². The molecular formula is C18H18ClNO5. The van der Waals surface area contributed by atoms with Crippen molar-refractivity contribution in [2.24, 2.45) is 0 Å². The second-order valence-corrected chi connectivity index (χ2v) is 5.81. The predicted molar refractivity (Wildman–Crippen MR) is 94.4 cm³/mol. The van der Waals surface area contributed by atoms with Gasteiger partial charge in [0.15, 0.2) is 6.10 Å². The topological polar surface area (TPSA) is 84.9 Å². The Kier molecular flexibility index (Phi) is 5.88. The van der Waals surface area contributed by atoms with Gasteiger partial charge in [0.05, 0.1) is 12.1 Å². The van der Waals surface area contributed by atoms with Gasteiger partial charge in [0.1, 0.15) is 17.1 Å². The highest BCUT2D eigenvalue weighted by Crippen LogP contribution is 2.27. The van der Waals surface area contributed by atoms with E-state index in [2.05, 4.69) is 5.32 Å². The first-order valence-electron chi connectivity index (χ1n) is 7.47. The molecule has 0 aliphatic rings. The number of anilines is 1. The van der Waals surface area contributed by atoms with E-state index in [-0.39, 0.29) is 11.3 Å². The zero-order valence-corrected chi connectivity index (χ0v) is 14.8. The van der Waals surface area contributed by atoms with Gasteiger partial charge in [-0.1, -0.05) is 23.2 Å². The molecule has 1 atom stereocenters. The van der Waals surface area contributed by atoms with Gasteiger partial charge in [-0.15, -0.1) is 0 Å². The number of carbonyl (C=O) groups is 2. The molecule has 0 bridgehead atoms. The van der Waals surface area contributed by atoms with E-state index in [0.717, 1.165) is 5.56 Å². The molecule has 0 unspecified atom stereocenters. The van der Waals surface area contributed by atoms with Gasteiger partial charge >= 0.3 is 5.97 Å². The summed E-state index contributed by atoms with van der Waals surface area (Å²) in [6.07, 6.45) is -1.06. The summed E-state index contributed by atoms with van der Waals surface area (Å²) < 4.78 is 10.1. The monoisotopic (exact) mass is 363 g/mol. The number of ether oxygens (including phenoxy) is 2. The normalized spacial score (nSPS) is 11.5. The van der Waals surface area contributed by atoms with E-state index in [1.54, 1.807) is 25.1 Å². The highest BCUT2D eigenvalue weighted by atomic mass is 35.5. The van der Waals surface area contributed by atoms with Crippen LogP contribution < -0.4 is 10.1 Å². The minimum absolute atomic E-state index is 0.00661. The number of nitrogens with one attached hydrogen (secondary N) is 1. The number of aromatic hydroxyl groups is 1. The number of rotatable bonds is 5. The molecule has 2 rings (SSSR count). The number of benzene rings is 2. The van der Waals surface area contributed by atoms with Crippen molar-refractivity contribution in [1.29, 1.82) is 0 Å². The van der Waals surface area contributed by atoms with Gasteiger partial charge in [0.25, 0.3) is 5.91 Å². The summed E-state index contributed by atoms with van der Waals surface area (Å²) in [5.74, 6) is -1.03. The molecule has 0 heterocycles. The van der Waals surface area contributed by atoms with Crippen LogP contribution in [0.15, 0.2) is 36.4 Å². The zero-order chi connectivity index (χ0) is 18.6. The molecule has 7 heteroatoms. The molecule has 2 aromatic carbocycles. The van der Waals surface area contributed by atoms with Crippen LogP contribution in [0.3, 0.4) is 0 Å². The van der Waals surface area contributed by atoms with Crippen LogP contribution >= 0.6 is 11.6 Å². The number of phenolic OH excluding ortho intramolecular Hbond substituents is 1. The van der Waals surface area contributed by atoms with Crippen molar-refractivity contribution < 1.29 is 24.2 Å². The summed E-state index contributed by atoms with van der Waals surface area (Å²) in [4.78, 5) is 24.3. The SMILES string of the molecule is COc1ccc(NC(=O)[C@@H](C)OC(=O)c2cc(C)ccc2O)cc1Cl. The predicted octanol–water partition coefficient (Wildman–Crippen LogP) is 3.55. The first-order valence-corrected chi connectivity index (χ1v) is 7.84. The Hall–Kier alpha value is -2.73. The number of carbonyl (C=O) groups excluding carboxylic acids is 2. The fraction of sp³-hybridized carbons (Fsp3) is 0.222. The minimum Gasteiger partial charge on any atom is -0.507 e. The summed E-state index contributed by atoms with van der Waals surface area (Å²) in [5, 5.41) is 12.7. The molecular weight excluding hydrogens is 346 g/mol. The Morgan fingerprint density at radius 3 is 2.56 bits per heavy atom. The number of hydrogen-bond donors (Lipinski definition) is 2. The molecule has 0 saturated heterocycles. The Labute approximate surface area is 150 Å². The fourth-order valence-electron chi connectivity index (χ4n) is 2.08. The molecule has 1 amide bonds. The average molecular weight is 364 g/mol. The van der Waals surface area contributed by atoms with Gasteiger partial charge in [0.2, 0.25) is 0 Å². The smallest absolute Gasteiger partial charge is 0.342 e. The Morgan fingerprint density at radius 2 is 1.92 bits per heavy atom. The van der Waals surface area contributed by atoms with Crippen molar-refractivity contribution >= 4 is 29.2 Å². The molecule has 132 valence electrons. The van der Waals surface area contributed by atoms with E-state index in [0.29, 0.717) is 16.5 Å². The second-order valence-electron chi connectivity index (χ2n) is 5.41. The average Bonchev–Trinajstić information content (AvgIpc) is 2.57. The van der Waals surface area contributed by atoms with E-state index in [1.165, 1.54) is 32.2 Å². The van der Waals surface area contributed by atoms with Gasteiger partial charge in [0, 0.05) is 5.69 Å². The quantitative estimate of drug-likeness (QED) is 0.793. The van der Waals surface area contributed by atoms with Crippen LogP contribution in [0.25, 0.3) is 0 Å². The van der Waals surface area contributed by atoms with Crippen LogP contribution in [0.1, 0.15) is 22.8 Å². The lowest BCUT2D eigenvalue weighted by Crippen LogP contribution is -2.30. The van der Waals surface area contributed by atoms with E-state index in [9.17, 15) is 14.7 Å². The van der Waals surface area contributed by atoms with Crippen molar-refractivity contribution in [3.05, 3.63) is 52.5 Å². The number of phenols is 1. The van der Waals surface area contributed by atoms with Crippen molar-refractivity contribution in [3.8, 4) is 11.5 Å². The maximum absolute atomic E-state index is 12.2. The lowest BCUT2D eigenvalue weighted by molar-refractivity contribution is -0.123. The second kappa shape index (κ2) is 7.90. The van der Waals surface area contributed by atoms with Crippen molar-refractivity contribution in [2.45, 2.75) is 20.0 Å². The van der Waals surface area contributed by atoms with Crippen LogP contribution in [0.5, 0.6) is 11.5 Å². The molecule has 25 heavy (non-hydrogen) atoms.